The average Bonchev–Trinajstić information content (AvgIpc) is 2.35. The molecule has 0 radical (unpaired) electrons. The molecule has 0 bridgehead atoms. The van der Waals surface area contributed by atoms with Crippen LogP contribution in [-0.2, 0) is 0 Å². The highest BCUT2D eigenvalue weighted by Crippen LogP contribution is 2.20. The van der Waals surface area contributed by atoms with Gasteiger partial charge in [-0.25, -0.2) is 8.78 Å². The lowest BCUT2D eigenvalue weighted by Gasteiger charge is -1.95. The van der Waals surface area contributed by atoms with Crippen molar-refractivity contribution in [3.63, 3.8) is 0 Å². The third-order valence-electron chi connectivity index (χ3n) is 1.68. The first-order chi connectivity index (χ1) is 5.68. The number of hydrogen-bond acceptors (Lipinski definition) is 0. The van der Waals surface area contributed by atoms with E-state index in [1.54, 1.807) is 15.0 Å². The number of nitrogens with zero attached hydrogens (tertiary/aromatic N) is 1. The number of hydrogen-bond donors (Lipinski definition) is 0. The maximum Gasteiger partial charge on any atom is 0.160 e. The Kier molecular flexibility index (Phi) is 1.79. The molecule has 0 aliphatic rings. The van der Waals surface area contributed by atoms with Gasteiger partial charge < -0.3 is 0 Å². The van der Waals surface area contributed by atoms with Gasteiger partial charge in [0, 0.05) is 17.6 Å². The number of halogens is 3. The Morgan fingerprint density at radius 2 is 1.83 bits per heavy atom. The SMILES string of the molecule is Fc1cc2ccn(I)c2cc1F. The van der Waals surface area contributed by atoms with Crippen LogP contribution in [0.15, 0.2) is 24.4 Å². The first-order valence-electron chi connectivity index (χ1n) is 3.31. The minimum Gasteiger partial charge on any atom is -0.290 e. The Balaban J connectivity index is 2.87. The zero-order valence-corrected chi connectivity index (χ0v) is 8.05. The summed E-state index contributed by atoms with van der Waals surface area (Å²) in [6, 6.07) is 4.13. The third-order valence-corrected chi connectivity index (χ3v) is 2.53. The van der Waals surface area contributed by atoms with E-state index in [-0.39, 0.29) is 0 Å². The molecular weight excluding hydrogens is 275 g/mol. The van der Waals surface area contributed by atoms with Gasteiger partial charge in [-0.3, -0.25) is 2.78 Å². The molecule has 0 saturated carbocycles. The Hall–Kier alpha value is -0.650. The molecule has 62 valence electrons. The molecule has 12 heavy (non-hydrogen) atoms. The van der Waals surface area contributed by atoms with Crippen LogP contribution in [0.5, 0.6) is 0 Å². The lowest BCUT2D eigenvalue weighted by Crippen LogP contribution is -1.83. The molecule has 0 fully saturated rings. The van der Waals surface area contributed by atoms with Crippen molar-refractivity contribution >= 4 is 33.8 Å². The molecule has 0 N–H and O–H groups in total. The van der Waals surface area contributed by atoms with E-state index in [0.717, 1.165) is 0 Å². The van der Waals surface area contributed by atoms with E-state index < -0.39 is 11.6 Å². The molecule has 1 aromatic heterocycles. The van der Waals surface area contributed by atoms with Crippen molar-refractivity contribution in [1.29, 1.82) is 0 Å². The fourth-order valence-electron chi connectivity index (χ4n) is 1.10. The van der Waals surface area contributed by atoms with Crippen LogP contribution in [0.1, 0.15) is 0 Å². The fraction of sp³-hybridized carbons (Fsp3) is 0. The largest absolute Gasteiger partial charge is 0.290 e. The predicted octanol–water partition coefficient (Wildman–Crippen LogP) is 3.12. The summed E-state index contributed by atoms with van der Waals surface area (Å²) in [5.74, 6) is -1.61. The highest BCUT2D eigenvalue weighted by atomic mass is 127. The lowest BCUT2D eigenvalue weighted by atomic mass is 10.2. The Labute approximate surface area is 81.5 Å². The van der Waals surface area contributed by atoms with E-state index in [1.807, 2.05) is 22.9 Å². The van der Waals surface area contributed by atoms with Crippen molar-refractivity contribution in [2.45, 2.75) is 0 Å². The molecule has 1 nitrogen and oxygen atoms in total. The van der Waals surface area contributed by atoms with Crippen LogP contribution in [0.2, 0.25) is 0 Å². The Morgan fingerprint density at radius 3 is 2.58 bits per heavy atom. The van der Waals surface area contributed by atoms with Crippen molar-refractivity contribution in [2.24, 2.45) is 0 Å². The van der Waals surface area contributed by atoms with Crippen molar-refractivity contribution in [3.8, 4) is 0 Å². The standard InChI is InChI=1S/C8H4F2IN/c9-6-3-5-1-2-12(11)8(5)4-7(6)10/h1-4H. The van der Waals surface area contributed by atoms with Crippen LogP contribution < -0.4 is 0 Å². The predicted molar refractivity (Wildman–Crippen MR) is 51.3 cm³/mol. The highest BCUT2D eigenvalue weighted by molar-refractivity contribution is 14.1. The van der Waals surface area contributed by atoms with E-state index >= 15 is 0 Å². The summed E-state index contributed by atoms with van der Waals surface area (Å²) >= 11 is 2.01. The second-order valence-corrected chi connectivity index (χ2v) is 3.49. The summed E-state index contributed by atoms with van der Waals surface area (Å²) in [5, 5.41) is 0.711. The van der Waals surface area contributed by atoms with Gasteiger partial charge in [-0.15, -0.1) is 0 Å². The second-order valence-electron chi connectivity index (χ2n) is 2.45. The van der Waals surface area contributed by atoms with Crippen LogP contribution in [0, 0.1) is 11.6 Å². The molecule has 1 heterocycles. The van der Waals surface area contributed by atoms with Gasteiger partial charge in [-0.05, 0) is 12.1 Å². The summed E-state index contributed by atoms with van der Waals surface area (Å²) in [6.07, 6.45) is 1.75. The van der Waals surface area contributed by atoms with Gasteiger partial charge >= 0.3 is 0 Å². The van der Waals surface area contributed by atoms with E-state index in [1.165, 1.54) is 12.1 Å². The molecule has 4 heteroatoms. The monoisotopic (exact) mass is 279 g/mol. The number of rotatable bonds is 0. The summed E-state index contributed by atoms with van der Waals surface area (Å²) in [7, 11) is 0. The van der Waals surface area contributed by atoms with Gasteiger partial charge in [0.05, 0.1) is 28.4 Å². The van der Waals surface area contributed by atoms with Gasteiger partial charge in [0.1, 0.15) is 0 Å². The zero-order chi connectivity index (χ0) is 8.72. The van der Waals surface area contributed by atoms with Crippen LogP contribution in [0.3, 0.4) is 0 Å². The topological polar surface area (TPSA) is 4.93 Å². The average molecular weight is 279 g/mol. The number of aromatic nitrogens is 1. The van der Waals surface area contributed by atoms with Gasteiger partial charge in [-0.2, -0.15) is 0 Å². The first-order valence-corrected chi connectivity index (χ1v) is 4.27. The molecule has 0 unspecified atom stereocenters. The highest BCUT2D eigenvalue weighted by Gasteiger charge is 2.05. The van der Waals surface area contributed by atoms with Crippen molar-refractivity contribution < 1.29 is 8.78 Å². The molecular formula is C8H4F2IN. The number of fused-ring (bicyclic) bond motifs is 1. The molecule has 0 aliphatic carbocycles. The first kappa shape index (κ1) is 7.97. The molecule has 0 amide bonds. The van der Waals surface area contributed by atoms with Crippen molar-refractivity contribution in [3.05, 3.63) is 36.0 Å². The minimum atomic E-state index is -0.806. The maximum absolute atomic E-state index is 12.7. The fourth-order valence-corrected chi connectivity index (χ4v) is 1.67. The molecule has 0 aliphatic heterocycles. The zero-order valence-electron chi connectivity index (χ0n) is 5.89. The Morgan fingerprint density at radius 1 is 1.17 bits per heavy atom. The molecule has 2 aromatic rings. The minimum absolute atomic E-state index is 0.689. The molecule has 2 rings (SSSR count). The number of benzene rings is 1. The van der Waals surface area contributed by atoms with Gasteiger partial charge in [0.25, 0.3) is 0 Å². The molecule has 1 aromatic carbocycles. The van der Waals surface area contributed by atoms with Gasteiger partial charge in [0.2, 0.25) is 0 Å². The second kappa shape index (κ2) is 2.69. The van der Waals surface area contributed by atoms with Crippen LogP contribution >= 0.6 is 22.9 Å². The summed E-state index contributed by atoms with van der Waals surface area (Å²) in [4.78, 5) is 0. The Bertz CT molecular complexity index is 436. The summed E-state index contributed by atoms with van der Waals surface area (Å²) in [5.41, 5.74) is 0.689. The molecule has 0 saturated heterocycles. The third kappa shape index (κ3) is 1.10. The summed E-state index contributed by atoms with van der Waals surface area (Å²) in [6.45, 7) is 0. The quantitative estimate of drug-likeness (QED) is 0.653. The van der Waals surface area contributed by atoms with E-state index in [0.29, 0.717) is 10.9 Å². The molecule has 0 atom stereocenters. The maximum atomic E-state index is 12.7. The normalized spacial score (nSPS) is 10.9. The van der Waals surface area contributed by atoms with Crippen LogP contribution in [-0.4, -0.2) is 2.78 Å². The summed E-state index contributed by atoms with van der Waals surface area (Å²) < 4.78 is 27.1. The van der Waals surface area contributed by atoms with Crippen molar-refractivity contribution in [1.82, 2.24) is 2.78 Å². The van der Waals surface area contributed by atoms with E-state index in [4.69, 9.17) is 0 Å². The lowest BCUT2D eigenvalue weighted by molar-refractivity contribution is 0.511. The van der Waals surface area contributed by atoms with Crippen molar-refractivity contribution in [2.75, 3.05) is 0 Å². The smallest absolute Gasteiger partial charge is 0.160 e. The van der Waals surface area contributed by atoms with E-state index in [9.17, 15) is 8.78 Å². The van der Waals surface area contributed by atoms with Gasteiger partial charge in [-0.1, -0.05) is 0 Å². The van der Waals surface area contributed by atoms with Gasteiger partial charge in [0.15, 0.2) is 11.6 Å². The van der Waals surface area contributed by atoms with Crippen LogP contribution in [0.25, 0.3) is 10.9 Å². The van der Waals surface area contributed by atoms with E-state index in [2.05, 4.69) is 0 Å². The molecule has 0 spiro atoms. The van der Waals surface area contributed by atoms with Crippen LogP contribution in [0.4, 0.5) is 8.78 Å².